The lowest BCUT2D eigenvalue weighted by Gasteiger charge is -2.18. The summed E-state index contributed by atoms with van der Waals surface area (Å²) in [6.45, 7) is 0.0443. The minimum atomic E-state index is -2.53. The molecule has 0 aromatic carbocycles. The third-order valence-electron chi connectivity index (χ3n) is 4.14. The van der Waals surface area contributed by atoms with E-state index >= 15 is 0 Å². The number of pyridine rings is 1. The van der Waals surface area contributed by atoms with E-state index in [0.717, 1.165) is 0 Å². The van der Waals surface area contributed by atoms with Crippen LogP contribution < -0.4 is 4.90 Å². The Bertz CT molecular complexity index is 853. The van der Waals surface area contributed by atoms with Crippen LogP contribution in [0.25, 0.3) is 5.69 Å². The molecule has 1 aliphatic carbocycles. The molecule has 142 valence electrons. The molecule has 0 radical (unpaired) electrons. The lowest BCUT2D eigenvalue weighted by atomic mass is 10.3. The fourth-order valence-corrected chi connectivity index (χ4v) is 3.88. The fourth-order valence-electron chi connectivity index (χ4n) is 2.52. The van der Waals surface area contributed by atoms with Gasteiger partial charge in [0.25, 0.3) is 5.92 Å². The van der Waals surface area contributed by atoms with Crippen LogP contribution in [0.4, 0.5) is 14.5 Å². The zero-order valence-electron chi connectivity index (χ0n) is 14.3. The first kappa shape index (κ1) is 19.6. The van der Waals surface area contributed by atoms with E-state index in [0.29, 0.717) is 22.9 Å². The van der Waals surface area contributed by atoms with Crippen molar-refractivity contribution in [1.82, 2.24) is 14.8 Å². The van der Waals surface area contributed by atoms with E-state index in [1.165, 1.54) is 21.3 Å². The molecule has 3 rings (SSSR count). The summed E-state index contributed by atoms with van der Waals surface area (Å²) >= 11 is 7.56. The van der Waals surface area contributed by atoms with E-state index in [4.69, 9.17) is 18.0 Å². The zero-order chi connectivity index (χ0) is 19.4. The molecule has 1 atom stereocenters. The predicted octanol–water partition coefficient (Wildman–Crippen LogP) is 3.67. The molecule has 1 fully saturated rings. The third-order valence-corrected chi connectivity index (χ3v) is 5.54. The summed E-state index contributed by atoms with van der Waals surface area (Å²) < 4.78 is 27.3. The van der Waals surface area contributed by atoms with Crippen LogP contribution in [0.2, 0.25) is 5.15 Å². The van der Waals surface area contributed by atoms with Crippen LogP contribution in [-0.2, 0) is 4.79 Å². The SMILES string of the molecule is C#CCN(C(=O)CCSCC1CC1(F)F)c1cn(-c2cccnc2)nc1Cl. The van der Waals surface area contributed by atoms with Gasteiger partial charge < -0.3 is 0 Å². The first-order valence-corrected chi connectivity index (χ1v) is 9.80. The summed E-state index contributed by atoms with van der Waals surface area (Å²) in [5.74, 6) is -0.0710. The molecule has 5 nitrogen and oxygen atoms in total. The predicted molar refractivity (Wildman–Crippen MR) is 103 cm³/mol. The van der Waals surface area contributed by atoms with Crippen molar-refractivity contribution < 1.29 is 13.6 Å². The number of alkyl halides is 2. The Kier molecular flexibility index (Phi) is 6.02. The van der Waals surface area contributed by atoms with Crippen LogP contribution in [0.3, 0.4) is 0 Å². The molecule has 0 bridgehead atoms. The second kappa shape index (κ2) is 8.28. The zero-order valence-corrected chi connectivity index (χ0v) is 15.9. The van der Waals surface area contributed by atoms with Gasteiger partial charge in [-0.2, -0.15) is 16.9 Å². The van der Waals surface area contributed by atoms with Gasteiger partial charge >= 0.3 is 0 Å². The van der Waals surface area contributed by atoms with Gasteiger partial charge in [0.2, 0.25) is 5.91 Å². The summed E-state index contributed by atoms with van der Waals surface area (Å²) in [6, 6.07) is 3.56. The van der Waals surface area contributed by atoms with Crippen molar-refractivity contribution in [3.63, 3.8) is 0 Å². The maximum absolute atomic E-state index is 12.9. The number of hydrogen-bond acceptors (Lipinski definition) is 4. The molecule has 0 aliphatic heterocycles. The molecular weight excluding hydrogens is 394 g/mol. The van der Waals surface area contributed by atoms with Gasteiger partial charge in [0, 0.05) is 36.5 Å². The smallest absolute Gasteiger partial charge is 0.252 e. The molecule has 0 N–H and O–H groups in total. The number of anilines is 1. The third kappa shape index (κ3) is 4.79. The van der Waals surface area contributed by atoms with Gasteiger partial charge in [-0.15, -0.1) is 6.42 Å². The van der Waals surface area contributed by atoms with Gasteiger partial charge in [0.1, 0.15) is 5.69 Å². The first-order chi connectivity index (χ1) is 12.9. The molecule has 1 saturated carbocycles. The number of halogens is 3. The highest BCUT2D eigenvalue weighted by Gasteiger charge is 2.56. The molecule has 0 saturated heterocycles. The average molecular weight is 411 g/mol. The highest BCUT2D eigenvalue weighted by Crippen LogP contribution is 2.50. The second-order valence-electron chi connectivity index (χ2n) is 6.13. The van der Waals surface area contributed by atoms with Crippen LogP contribution in [-0.4, -0.2) is 44.6 Å². The molecule has 1 unspecified atom stereocenters. The Morgan fingerprint density at radius 2 is 2.33 bits per heavy atom. The Hall–Kier alpha value is -2.11. The van der Waals surface area contributed by atoms with Crippen molar-refractivity contribution in [2.45, 2.75) is 18.8 Å². The van der Waals surface area contributed by atoms with E-state index in [2.05, 4.69) is 16.0 Å². The fraction of sp³-hybridized carbons (Fsp3) is 0.389. The van der Waals surface area contributed by atoms with E-state index in [1.54, 1.807) is 30.7 Å². The van der Waals surface area contributed by atoms with E-state index in [-0.39, 0.29) is 30.4 Å². The second-order valence-corrected chi connectivity index (χ2v) is 7.64. The molecule has 0 spiro atoms. The van der Waals surface area contributed by atoms with Gasteiger partial charge in [-0.25, -0.2) is 13.5 Å². The number of aromatic nitrogens is 3. The first-order valence-electron chi connectivity index (χ1n) is 8.27. The van der Waals surface area contributed by atoms with Crippen molar-refractivity contribution in [1.29, 1.82) is 0 Å². The molecule has 27 heavy (non-hydrogen) atoms. The number of carbonyl (C=O) groups excluding carboxylic acids is 1. The van der Waals surface area contributed by atoms with Gasteiger partial charge in [-0.3, -0.25) is 14.7 Å². The maximum Gasteiger partial charge on any atom is 0.252 e. The normalized spacial score (nSPS) is 17.3. The summed E-state index contributed by atoms with van der Waals surface area (Å²) in [7, 11) is 0. The lowest BCUT2D eigenvalue weighted by molar-refractivity contribution is -0.118. The van der Waals surface area contributed by atoms with Gasteiger partial charge in [0.05, 0.1) is 24.6 Å². The Labute approximate surface area is 165 Å². The standard InChI is InChI=1S/C18H17ClF2N4OS/c1-2-7-24(16(26)5-8-27-12-13-9-18(13,20)21)15-11-25(23-17(15)19)14-4-3-6-22-10-14/h1,3-4,6,10-11,13H,5,7-9,12H2. The van der Waals surface area contributed by atoms with E-state index < -0.39 is 11.8 Å². The van der Waals surface area contributed by atoms with E-state index in [9.17, 15) is 13.6 Å². The molecule has 2 heterocycles. The number of amides is 1. The molecule has 2 aromatic heterocycles. The molecule has 9 heteroatoms. The monoisotopic (exact) mass is 410 g/mol. The number of thioether (sulfide) groups is 1. The number of rotatable bonds is 8. The minimum Gasteiger partial charge on any atom is -0.296 e. The summed E-state index contributed by atoms with van der Waals surface area (Å²) in [5.41, 5.74) is 1.10. The number of terminal acetylenes is 1. The highest BCUT2D eigenvalue weighted by molar-refractivity contribution is 7.99. The van der Waals surface area contributed by atoms with Crippen LogP contribution in [0.5, 0.6) is 0 Å². The topological polar surface area (TPSA) is 51.0 Å². The van der Waals surface area contributed by atoms with Crippen molar-refractivity contribution in [3.05, 3.63) is 35.9 Å². The number of carbonyl (C=O) groups is 1. The molecular formula is C18H17ClF2N4OS. The van der Waals surface area contributed by atoms with Gasteiger partial charge in [0.15, 0.2) is 5.15 Å². The van der Waals surface area contributed by atoms with Gasteiger partial charge in [-0.1, -0.05) is 17.5 Å². The van der Waals surface area contributed by atoms with Crippen molar-refractivity contribution in [3.8, 4) is 18.0 Å². The Morgan fingerprint density at radius 3 is 2.96 bits per heavy atom. The molecule has 1 amide bonds. The van der Waals surface area contributed by atoms with Crippen LogP contribution in [0.15, 0.2) is 30.7 Å². The maximum atomic E-state index is 12.9. The Morgan fingerprint density at radius 1 is 1.56 bits per heavy atom. The minimum absolute atomic E-state index is 0.0443. The number of nitrogens with zero attached hydrogens (tertiary/aromatic N) is 4. The van der Waals surface area contributed by atoms with Gasteiger partial charge in [-0.05, 0) is 12.1 Å². The van der Waals surface area contributed by atoms with Crippen molar-refractivity contribution in [2.75, 3.05) is 23.0 Å². The summed E-state index contributed by atoms with van der Waals surface area (Å²) in [6.07, 6.45) is 10.4. The van der Waals surface area contributed by atoms with E-state index in [1.807, 2.05) is 0 Å². The van der Waals surface area contributed by atoms with Crippen LogP contribution in [0.1, 0.15) is 12.8 Å². The Balaban J connectivity index is 1.63. The average Bonchev–Trinajstić information content (AvgIpc) is 3.08. The summed E-state index contributed by atoms with van der Waals surface area (Å²) in [4.78, 5) is 18.0. The van der Waals surface area contributed by atoms with Crippen LogP contribution >= 0.6 is 23.4 Å². The lowest BCUT2D eigenvalue weighted by Crippen LogP contribution is -2.31. The van der Waals surface area contributed by atoms with Crippen molar-refractivity contribution in [2.24, 2.45) is 5.92 Å². The summed E-state index contributed by atoms with van der Waals surface area (Å²) in [5, 5.41) is 4.35. The number of hydrogen-bond donors (Lipinski definition) is 0. The largest absolute Gasteiger partial charge is 0.296 e. The quantitative estimate of drug-likeness (QED) is 0.492. The molecule has 1 aliphatic rings. The van der Waals surface area contributed by atoms with Crippen LogP contribution in [0, 0.1) is 18.3 Å². The van der Waals surface area contributed by atoms with Crippen molar-refractivity contribution >= 4 is 35.0 Å². The highest BCUT2D eigenvalue weighted by atomic mass is 35.5. The molecule has 2 aromatic rings.